The minimum absolute atomic E-state index is 0.122. The van der Waals surface area contributed by atoms with Gasteiger partial charge in [0, 0.05) is 27.4 Å². The van der Waals surface area contributed by atoms with E-state index >= 15 is 0 Å². The van der Waals surface area contributed by atoms with Crippen LogP contribution in [0.1, 0.15) is 59.7 Å². The van der Waals surface area contributed by atoms with Crippen LogP contribution in [0.4, 0.5) is 5.69 Å². The highest BCUT2D eigenvalue weighted by molar-refractivity contribution is 7.99. The van der Waals surface area contributed by atoms with Crippen molar-refractivity contribution in [3.8, 4) is 0 Å². The number of piperidine rings is 1. The van der Waals surface area contributed by atoms with E-state index in [9.17, 15) is 9.59 Å². The quantitative estimate of drug-likeness (QED) is 0.589. The molecular weight excluding hydrogens is 442 g/mol. The van der Waals surface area contributed by atoms with E-state index in [1.165, 1.54) is 37.9 Å². The standard InChI is InChI=1S/C28H31N3O2S/c1-28(31-17-5-2-6-18-31)14-11-20(12-15-28)13-16-29-26(32)21-9-10-25-23(19-21)30-27(33)22-7-3-4-8-24(22)34-25/h3-4,7-12,14,19H,2,5-6,13,15-18H2,1H3,(H,29,32)(H,30,33). The fourth-order valence-corrected chi connectivity index (χ4v) is 5.93. The molecule has 6 heteroatoms. The Labute approximate surface area is 205 Å². The predicted molar refractivity (Wildman–Crippen MR) is 138 cm³/mol. The largest absolute Gasteiger partial charge is 0.352 e. The molecule has 2 aromatic carbocycles. The van der Waals surface area contributed by atoms with Gasteiger partial charge >= 0.3 is 0 Å². The van der Waals surface area contributed by atoms with E-state index in [0.29, 0.717) is 23.4 Å². The summed E-state index contributed by atoms with van der Waals surface area (Å²) in [5.41, 5.74) is 3.28. The average molecular weight is 474 g/mol. The molecule has 1 atom stereocenters. The fraction of sp³-hybridized carbons (Fsp3) is 0.357. The van der Waals surface area contributed by atoms with E-state index in [-0.39, 0.29) is 17.4 Å². The summed E-state index contributed by atoms with van der Waals surface area (Å²) < 4.78 is 0. The summed E-state index contributed by atoms with van der Waals surface area (Å²) in [6, 6.07) is 13.1. The van der Waals surface area contributed by atoms with Crippen molar-refractivity contribution in [2.24, 2.45) is 0 Å². The summed E-state index contributed by atoms with van der Waals surface area (Å²) in [6.45, 7) is 5.29. The minimum Gasteiger partial charge on any atom is -0.352 e. The van der Waals surface area contributed by atoms with Crippen LogP contribution in [-0.2, 0) is 0 Å². The molecule has 1 unspecified atom stereocenters. The van der Waals surface area contributed by atoms with Crippen LogP contribution in [0.15, 0.2) is 76.1 Å². The Hall–Kier alpha value is -2.83. The van der Waals surface area contributed by atoms with Gasteiger partial charge in [0.1, 0.15) is 0 Å². The Kier molecular flexibility index (Phi) is 6.61. The highest BCUT2D eigenvalue weighted by Gasteiger charge is 2.30. The monoisotopic (exact) mass is 473 g/mol. The van der Waals surface area contributed by atoms with Gasteiger partial charge < -0.3 is 10.6 Å². The molecule has 0 radical (unpaired) electrons. The molecule has 34 heavy (non-hydrogen) atoms. The zero-order chi connectivity index (χ0) is 23.5. The third-order valence-electron chi connectivity index (χ3n) is 7.05. The zero-order valence-electron chi connectivity index (χ0n) is 19.6. The number of carbonyl (C=O) groups is 2. The van der Waals surface area contributed by atoms with Crippen LogP contribution in [0.2, 0.25) is 0 Å². The van der Waals surface area contributed by atoms with Gasteiger partial charge in [0.05, 0.1) is 11.3 Å². The van der Waals surface area contributed by atoms with Crippen molar-refractivity contribution in [1.82, 2.24) is 10.2 Å². The molecule has 0 bridgehead atoms. The van der Waals surface area contributed by atoms with E-state index in [0.717, 1.165) is 22.6 Å². The SMILES string of the molecule is CC1(N2CCCCC2)C=CC(CCNC(=O)c2ccc3c(c2)NC(=O)c2ccccc2S3)=CC1. The van der Waals surface area contributed by atoms with Gasteiger partial charge in [-0.15, -0.1) is 0 Å². The van der Waals surface area contributed by atoms with E-state index < -0.39 is 0 Å². The van der Waals surface area contributed by atoms with Gasteiger partial charge in [-0.05, 0) is 76.0 Å². The smallest absolute Gasteiger partial charge is 0.256 e. The second-order valence-electron chi connectivity index (χ2n) is 9.49. The molecular formula is C28H31N3O2S. The summed E-state index contributed by atoms with van der Waals surface area (Å²) in [7, 11) is 0. The average Bonchev–Trinajstić information content (AvgIpc) is 3.01. The number of amides is 2. The highest BCUT2D eigenvalue weighted by atomic mass is 32.2. The van der Waals surface area contributed by atoms with Gasteiger partial charge in [-0.1, -0.05) is 54.1 Å². The van der Waals surface area contributed by atoms with Crippen LogP contribution in [0, 0.1) is 0 Å². The first-order valence-corrected chi connectivity index (χ1v) is 13.0. The fourth-order valence-electron chi connectivity index (χ4n) is 4.92. The van der Waals surface area contributed by atoms with Gasteiger partial charge in [0.25, 0.3) is 11.8 Å². The van der Waals surface area contributed by atoms with Gasteiger partial charge in [-0.2, -0.15) is 0 Å². The maximum Gasteiger partial charge on any atom is 0.256 e. The van der Waals surface area contributed by atoms with Crippen molar-refractivity contribution >= 4 is 29.3 Å². The summed E-state index contributed by atoms with van der Waals surface area (Å²) >= 11 is 1.54. The molecule has 176 valence electrons. The molecule has 0 aromatic heterocycles. The Morgan fingerprint density at radius 1 is 1.12 bits per heavy atom. The van der Waals surface area contributed by atoms with Crippen LogP contribution < -0.4 is 10.6 Å². The molecule has 5 nitrogen and oxygen atoms in total. The number of rotatable bonds is 5. The number of anilines is 1. The number of fused-ring (bicyclic) bond motifs is 2. The lowest BCUT2D eigenvalue weighted by molar-refractivity contribution is 0.0952. The molecule has 1 saturated heterocycles. The van der Waals surface area contributed by atoms with Crippen LogP contribution in [-0.4, -0.2) is 41.9 Å². The Balaban J connectivity index is 1.17. The van der Waals surface area contributed by atoms with Gasteiger partial charge in [-0.25, -0.2) is 0 Å². The van der Waals surface area contributed by atoms with Crippen LogP contribution in [0.25, 0.3) is 0 Å². The third-order valence-corrected chi connectivity index (χ3v) is 8.21. The van der Waals surface area contributed by atoms with E-state index in [2.05, 4.69) is 40.7 Å². The Bertz CT molecular complexity index is 1170. The minimum atomic E-state index is -0.146. The van der Waals surface area contributed by atoms with E-state index in [1.807, 2.05) is 36.4 Å². The summed E-state index contributed by atoms with van der Waals surface area (Å²) in [5, 5.41) is 5.99. The molecule has 1 aliphatic carbocycles. The number of benzene rings is 2. The van der Waals surface area contributed by atoms with Crippen molar-refractivity contribution in [3.05, 3.63) is 77.4 Å². The number of nitrogens with one attached hydrogen (secondary N) is 2. The molecule has 2 aromatic rings. The molecule has 0 saturated carbocycles. The van der Waals surface area contributed by atoms with Crippen molar-refractivity contribution in [1.29, 1.82) is 0 Å². The lowest BCUT2D eigenvalue weighted by Crippen LogP contribution is -2.47. The van der Waals surface area contributed by atoms with Gasteiger partial charge in [-0.3, -0.25) is 14.5 Å². The first-order chi connectivity index (χ1) is 16.5. The molecule has 5 rings (SSSR count). The molecule has 0 spiro atoms. The van der Waals surface area contributed by atoms with Gasteiger partial charge in [0.15, 0.2) is 0 Å². The van der Waals surface area contributed by atoms with Gasteiger partial charge in [0.2, 0.25) is 0 Å². The van der Waals surface area contributed by atoms with E-state index in [4.69, 9.17) is 0 Å². The third kappa shape index (κ3) is 4.84. The predicted octanol–water partition coefficient (Wildman–Crippen LogP) is 5.65. The normalized spacial score (nSPS) is 22.1. The lowest BCUT2D eigenvalue weighted by atomic mass is 9.86. The Morgan fingerprint density at radius 2 is 1.94 bits per heavy atom. The summed E-state index contributed by atoms with van der Waals surface area (Å²) in [4.78, 5) is 29.9. The van der Waals surface area contributed by atoms with Crippen molar-refractivity contribution in [3.63, 3.8) is 0 Å². The van der Waals surface area contributed by atoms with Crippen molar-refractivity contribution < 1.29 is 9.59 Å². The topological polar surface area (TPSA) is 61.4 Å². The van der Waals surface area contributed by atoms with Crippen LogP contribution in [0.3, 0.4) is 0 Å². The number of nitrogens with zero attached hydrogens (tertiary/aromatic N) is 1. The maximum absolute atomic E-state index is 12.8. The van der Waals surface area contributed by atoms with Crippen LogP contribution in [0.5, 0.6) is 0 Å². The molecule has 2 aliphatic heterocycles. The number of hydrogen-bond donors (Lipinski definition) is 2. The molecule has 2 heterocycles. The zero-order valence-corrected chi connectivity index (χ0v) is 20.4. The Morgan fingerprint density at radius 3 is 2.74 bits per heavy atom. The number of carbonyl (C=O) groups excluding carboxylic acids is 2. The van der Waals surface area contributed by atoms with Crippen molar-refractivity contribution in [2.75, 3.05) is 25.0 Å². The highest BCUT2D eigenvalue weighted by Crippen LogP contribution is 2.39. The summed E-state index contributed by atoms with van der Waals surface area (Å²) in [5.74, 6) is -0.269. The van der Waals surface area contributed by atoms with E-state index in [1.54, 1.807) is 17.8 Å². The first-order valence-electron chi connectivity index (χ1n) is 12.2. The second kappa shape index (κ2) is 9.80. The maximum atomic E-state index is 12.8. The second-order valence-corrected chi connectivity index (χ2v) is 10.6. The van der Waals surface area contributed by atoms with Crippen LogP contribution >= 0.6 is 11.8 Å². The molecule has 1 fully saturated rings. The number of hydrogen-bond acceptors (Lipinski definition) is 4. The van der Waals surface area contributed by atoms with Crippen molar-refractivity contribution in [2.45, 2.75) is 54.4 Å². The molecule has 2 amide bonds. The number of allylic oxidation sites excluding steroid dienone is 1. The molecule has 2 N–H and O–H groups in total. The summed E-state index contributed by atoms with van der Waals surface area (Å²) in [6.07, 6.45) is 12.7. The lowest BCUT2D eigenvalue weighted by Gasteiger charge is -2.42. The molecule has 3 aliphatic rings. The number of likely N-dealkylation sites (tertiary alicyclic amines) is 1. The first kappa shape index (κ1) is 22.9.